The quantitative estimate of drug-likeness (QED) is 0.517. The maximum absolute atomic E-state index is 5.91. The lowest BCUT2D eigenvalue weighted by Crippen LogP contribution is -2.17. The first-order valence-electron chi connectivity index (χ1n) is 7.24. The van der Waals surface area contributed by atoms with Gasteiger partial charge in [-0.1, -0.05) is 44.9 Å². The third kappa shape index (κ3) is 6.65. The average molecular weight is 248 g/mol. The second-order valence-corrected chi connectivity index (χ2v) is 5.44. The molecule has 0 radical (unpaired) electrons. The molecule has 0 saturated carbocycles. The first-order chi connectivity index (χ1) is 8.70. The molecule has 0 atom stereocenters. The molecule has 0 unspecified atom stereocenters. The fraction of sp³-hybridized carbons (Fsp3) is 0.625. The van der Waals surface area contributed by atoms with E-state index in [0.29, 0.717) is 0 Å². The Morgan fingerprint density at radius 1 is 1.06 bits per heavy atom. The van der Waals surface area contributed by atoms with Crippen LogP contribution in [0.25, 0.3) is 0 Å². The Kier molecular flexibility index (Phi) is 7.51. The molecule has 1 aromatic carbocycles. The van der Waals surface area contributed by atoms with E-state index < -0.39 is 0 Å². The van der Waals surface area contributed by atoms with Crippen LogP contribution in [-0.2, 0) is 6.42 Å². The third-order valence-corrected chi connectivity index (χ3v) is 3.24. The number of para-hydroxylation sites is 1. The summed E-state index contributed by atoms with van der Waals surface area (Å²) < 4.78 is 0. The minimum atomic E-state index is 0.839. The molecule has 0 saturated heterocycles. The summed E-state index contributed by atoms with van der Waals surface area (Å²) in [5, 5.41) is 3.51. The Morgan fingerprint density at radius 2 is 1.78 bits per heavy atom. The van der Waals surface area contributed by atoms with Crippen molar-refractivity contribution >= 4 is 5.69 Å². The standard InChI is InChI=1S/C16H28N2/c1-14(2)8-5-6-12-18-13-7-10-15-9-3-4-11-16(15)17/h3-4,9,11,14,18H,5-8,10,12-13,17H2,1-2H3. The van der Waals surface area contributed by atoms with E-state index in [2.05, 4.69) is 31.3 Å². The number of unbranched alkanes of at least 4 members (excludes halogenated alkanes) is 1. The minimum absolute atomic E-state index is 0.839. The fourth-order valence-corrected chi connectivity index (χ4v) is 2.09. The molecule has 2 nitrogen and oxygen atoms in total. The van der Waals surface area contributed by atoms with Gasteiger partial charge in [-0.3, -0.25) is 0 Å². The zero-order valence-corrected chi connectivity index (χ0v) is 11.9. The van der Waals surface area contributed by atoms with Gasteiger partial charge in [-0.15, -0.1) is 0 Å². The molecule has 0 fully saturated rings. The number of aryl methyl sites for hydroxylation is 1. The van der Waals surface area contributed by atoms with Crippen molar-refractivity contribution in [2.75, 3.05) is 18.8 Å². The Labute approximate surface area is 112 Å². The summed E-state index contributed by atoms with van der Waals surface area (Å²) in [7, 11) is 0. The molecule has 1 rings (SSSR count). The van der Waals surface area contributed by atoms with Crippen molar-refractivity contribution in [3.63, 3.8) is 0 Å². The lowest BCUT2D eigenvalue weighted by molar-refractivity contribution is 0.518. The number of nitrogens with two attached hydrogens (primary N) is 1. The second-order valence-electron chi connectivity index (χ2n) is 5.44. The molecule has 0 aliphatic heterocycles. The van der Waals surface area contributed by atoms with Gasteiger partial charge in [0.25, 0.3) is 0 Å². The highest BCUT2D eigenvalue weighted by molar-refractivity contribution is 5.46. The van der Waals surface area contributed by atoms with Crippen LogP contribution in [0.4, 0.5) is 5.69 Å². The highest BCUT2D eigenvalue weighted by Crippen LogP contribution is 2.12. The van der Waals surface area contributed by atoms with Gasteiger partial charge in [0.15, 0.2) is 0 Å². The number of rotatable bonds is 9. The van der Waals surface area contributed by atoms with Crippen molar-refractivity contribution in [2.45, 2.75) is 46.0 Å². The van der Waals surface area contributed by atoms with Crippen LogP contribution in [0.3, 0.4) is 0 Å². The number of anilines is 1. The van der Waals surface area contributed by atoms with Crippen LogP contribution < -0.4 is 11.1 Å². The van der Waals surface area contributed by atoms with Crippen LogP contribution in [0, 0.1) is 5.92 Å². The maximum atomic E-state index is 5.91. The predicted octanol–water partition coefficient (Wildman–Crippen LogP) is 3.62. The van der Waals surface area contributed by atoms with E-state index in [-0.39, 0.29) is 0 Å². The summed E-state index contributed by atoms with van der Waals surface area (Å²) in [5.41, 5.74) is 8.11. The largest absolute Gasteiger partial charge is 0.399 e. The first kappa shape index (κ1) is 15.0. The predicted molar refractivity (Wildman–Crippen MR) is 80.7 cm³/mol. The number of nitrogen functional groups attached to an aromatic ring is 1. The van der Waals surface area contributed by atoms with Gasteiger partial charge in [0, 0.05) is 5.69 Å². The molecule has 3 N–H and O–H groups in total. The lowest BCUT2D eigenvalue weighted by atomic mass is 10.1. The number of hydrogen-bond acceptors (Lipinski definition) is 2. The molecular formula is C16H28N2. The normalized spacial score (nSPS) is 11.1. The van der Waals surface area contributed by atoms with Gasteiger partial charge in [-0.05, 0) is 49.9 Å². The average Bonchev–Trinajstić information content (AvgIpc) is 2.34. The molecule has 0 aromatic heterocycles. The zero-order valence-electron chi connectivity index (χ0n) is 11.9. The molecule has 102 valence electrons. The van der Waals surface area contributed by atoms with Crippen LogP contribution in [0.1, 0.15) is 45.1 Å². The summed E-state index contributed by atoms with van der Waals surface area (Å²) in [5.74, 6) is 0.839. The Hall–Kier alpha value is -1.02. The van der Waals surface area contributed by atoms with Crippen molar-refractivity contribution in [3.05, 3.63) is 29.8 Å². The van der Waals surface area contributed by atoms with Crippen LogP contribution in [0.2, 0.25) is 0 Å². The number of nitrogens with one attached hydrogen (secondary N) is 1. The topological polar surface area (TPSA) is 38.0 Å². The van der Waals surface area contributed by atoms with E-state index in [1.54, 1.807) is 0 Å². The van der Waals surface area contributed by atoms with Crippen molar-refractivity contribution in [1.29, 1.82) is 0 Å². The fourth-order valence-electron chi connectivity index (χ4n) is 2.09. The van der Waals surface area contributed by atoms with Crippen molar-refractivity contribution < 1.29 is 0 Å². The molecular weight excluding hydrogens is 220 g/mol. The SMILES string of the molecule is CC(C)CCCCNCCCc1ccccc1N. The van der Waals surface area contributed by atoms with E-state index in [9.17, 15) is 0 Å². The maximum Gasteiger partial charge on any atom is 0.0346 e. The zero-order chi connectivity index (χ0) is 13.2. The van der Waals surface area contributed by atoms with E-state index in [4.69, 9.17) is 5.73 Å². The molecule has 0 heterocycles. The smallest absolute Gasteiger partial charge is 0.0346 e. The first-order valence-corrected chi connectivity index (χ1v) is 7.24. The van der Waals surface area contributed by atoms with Gasteiger partial charge in [-0.25, -0.2) is 0 Å². The van der Waals surface area contributed by atoms with Crippen molar-refractivity contribution in [1.82, 2.24) is 5.32 Å². The molecule has 0 amide bonds. The highest BCUT2D eigenvalue weighted by atomic mass is 14.8. The van der Waals surface area contributed by atoms with E-state index in [1.165, 1.54) is 31.2 Å². The minimum Gasteiger partial charge on any atom is -0.399 e. The Bertz CT molecular complexity index is 321. The Balaban J connectivity index is 1.98. The van der Waals surface area contributed by atoms with Gasteiger partial charge in [0.05, 0.1) is 0 Å². The molecule has 0 aliphatic carbocycles. The molecule has 0 spiro atoms. The summed E-state index contributed by atoms with van der Waals surface area (Å²) in [6, 6.07) is 8.16. The van der Waals surface area contributed by atoms with Crippen LogP contribution in [-0.4, -0.2) is 13.1 Å². The van der Waals surface area contributed by atoms with Gasteiger partial charge in [0.2, 0.25) is 0 Å². The molecule has 18 heavy (non-hydrogen) atoms. The van der Waals surface area contributed by atoms with Gasteiger partial charge in [0.1, 0.15) is 0 Å². The van der Waals surface area contributed by atoms with E-state index in [0.717, 1.165) is 31.1 Å². The summed E-state index contributed by atoms with van der Waals surface area (Å²) in [6.45, 7) is 6.82. The van der Waals surface area contributed by atoms with E-state index >= 15 is 0 Å². The lowest BCUT2D eigenvalue weighted by Gasteiger charge is -2.07. The molecule has 0 bridgehead atoms. The number of benzene rings is 1. The summed E-state index contributed by atoms with van der Waals surface area (Å²) in [4.78, 5) is 0. The van der Waals surface area contributed by atoms with Crippen LogP contribution >= 0.6 is 0 Å². The molecule has 0 aliphatic rings. The van der Waals surface area contributed by atoms with Crippen LogP contribution in [0.15, 0.2) is 24.3 Å². The van der Waals surface area contributed by atoms with Crippen LogP contribution in [0.5, 0.6) is 0 Å². The molecule has 2 heteroatoms. The van der Waals surface area contributed by atoms with Crippen molar-refractivity contribution in [3.8, 4) is 0 Å². The third-order valence-electron chi connectivity index (χ3n) is 3.24. The molecule has 1 aromatic rings. The van der Waals surface area contributed by atoms with Gasteiger partial charge >= 0.3 is 0 Å². The second kappa shape index (κ2) is 8.98. The van der Waals surface area contributed by atoms with Gasteiger partial charge < -0.3 is 11.1 Å². The van der Waals surface area contributed by atoms with Gasteiger partial charge in [-0.2, -0.15) is 0 Å². The summed E-state index contributed by atoms with van der Waals surface area (Å²) in [6.07, 6.45) is 6.23. The summed E-state index contributed by atoms with van der Waals surface area (Å²) >= 11 is 0. The monoisotopic (exact) mass is 248 g/mol. The number of hydrogen-bond donors (Lipinski definition) is 2. The van der Waals surface area contributed by atoms with Crippen molar-refractivity contribution in [2.24, 2.45) is 5.92 Å². The van der Waals surface area contributed by atoms with E-state index in [1.807, 2.05) is 12.1 Å². The Morgan fingerprint density at radius 3 is 2.50 bits per heavy atom. The highest BCUT2D eigenvalue weighted by Gasteiger charge is 1.97.